The number of allylic oxidation sites excluding steroid dienone is 2. The molecule has 0 radical (unpaired) electrons. The van der Waals surface area contributed by atoms with E-state index in [-0.39, 0.29) is 60.2 Å². The van der Waals surface area contributed by atoms with Gasteiger partial charge in [0.25, 0.3) is 0 Å². The van der Waals surface area contributed by atoms with Crippen molar-refractivity contribution in [1.29, 1.82) is 0 Å². The number of aromatic hydroxyl groups is 1. The first kappa shape index (κ1) is 30.1. The molecule has 0 atom stereocenters. The summed E-state index contributed by atoms with van der Waals surface area (Å²) in [6.45, 7) is 12.7. The predicted octanol–water partition coefficient (Wildman–Crippen LogP) is 5.58. The van der Waals surface area contributed by atoms with E-state index in [0.717, 1.165) is 0 Å². The van der Waals surface area contributed by atoms with Crippen LogP contribution in [0.1, 0.15) is 31.9 Å². The van der Waals surface area contributed by atoms with E-state index in [1.54, 1.807) is 51.1 Å². The molecule has 222 valence electrons. The molecule has 0 spiro atoms. The van der Waals surface area contributed by atoms with Gasteiger partial charge in [-0.3, -0.25) is 4.79 Å². The zero-order valence-corrected chi connectivity index (χ0v) is 24.1. The fourth-order valence-corrected chi connectivity index (χ4v) is 4.54. The van der Waals surface area contributed by atoms with Crippen molar-refractivity contribution >= 4 is 16.9 Å². The van der Waals surface area contributed by atoms with Crippen molar-refractivity contribution in [2.75, 3.05) is 26.9 Å². The molecule has 0 aliphatic carbocycles. The van der Waals surface area contributed by atoms with Crippen LogP contribution in [0.5, 0.6) is 23.0 Å². The molecule has 0 saturated heterocycles. The standard InChI is InChI=1S/C32H34O10/c1-7-10-21-20(12-13-24(36-6)31(21)39-18-28(34)37-9-3)26-14-23(33)29-27(41-26)15-25(22(11-8-2)30(29)35)38-16-19-17-40-32(4,5)42-19/h7-8,12-15,17,35H,1-2,9-11,16,18H2,3-6H3. The number of carbonyl (C=O) groups excluding carboxylic acids is 1. The zero-order valence-electron chi connectivity index (χ0n) is 24.1. The molecule has 3 aromatic rings. The molecule has 2 aromatic carbocycles. The summed E-state index contributed by atoms with van der Waals surface area (Å²) in [5.74, 6) is -0.00680. The number of phenols is 1. The maximum atomic E-state index is 13.4. The number of carbonyl (C=O) groups is 1. The number of methoxy groups -OCH3 is 1. The van der Waals surface area contributed by atoms with Crippen LogP contribution in [0.15, 0.2) is 70.8 Å². The van der Waals surface area contributed by atoms with Crippen molar-refractivity contribution in [3.05, 3.63) is 82.9 Å². The normalized spacial score (nSPS) is 13.5. The lowest BCUT2D eigenvalue weighted by atomic mass is 9.99. The van der Waals surface area contributed by atoms with Gasteiger partial charge in [0, 0.05) is 42.7 Å². The van der Waals surface area contributed by atoms with Crippen LogP contribution in [0, 0.1) is 0 Å². The summed E-state index contributed by atoms with van der Waals surface area (Å²) in [6, 6.07) is 6.20. The van der Waals surface area contributed by atoms with Gasteiger partial charge in [0.15, 0.2) is 29.3 Å². The van der Waals surface area contributed by atoms with Gasteiger partial charge in [0.05, 0.1) is 13.7 Å². The highest BCUT2D eigenvalue weighted by molar-refractivity contribution is 5.88. The van der Waals surface area contributed by atoms with Gasteiger partial charge in [-0.25, -0.2) is 4.79 Å². The molecule has 10 nitrogen and oxygen atoms in total. The summed E-state index contributed by atoms with van der Waals surface area (Å²) in [5.41, 5.74) is 1.10. The molecule has 1 N–H and O–H groups in total. The van der Waals surface area contributed by atoms with Gasteiger partial charge >= 0.3 is 5.97 Å². The summed E-state index contributed by atoms with van der Waals surface area (Å²) < 4.78 is 39.6. The first-order valence-corrected chi connectivity index (χ1v) is 13.3. The molecule has 4 rings (SSSR count). The molecule has 1 aliphatic heterocycles. The van der Waals surface area contributed by atoms with Gasteiger partial charge in [-0.2, -0.15) is 0 Å². The fourth-order valence-electron chi connectivity index (χ4n) is 4.54. The number of phenolic OH excluding ortho intramolecular Hbond substituents is 1. The number of benzene rings is 2. The van der Waals surface area contributed by atoms with Crippen LogP contribution in [0.25, 0.3) is 22.3 Å². The van der Waals surface area contributed by atoms with Crippen LogP contribution < -0.4 is 19.6 Å². The summed E-state index contributed by atoms with van der Waals surface area (Å²) in [7, 11) is 1.48. The van der Waals surface area contributed by atoms with Crippen LogP contribution in [0.4, 0.5) is 0 Å². The topological polar surface area (TPSA) is 123 Å². The average Bonchev–Trinajstić information content (AvgIpc) is 3.30. The lowest BCUT2D eigenvalue weighted by Crippen LogP contribution is -2.21. The van der Waals surface area contributed by atoms with E-state index in [2.05, 4.69) is 13.2 Å². The van der Waals surface area contributed by atoms with Crippen molar-refractivity contribution < 1.29 is 42.7 Å². The first-order valence-electron chi connectivity index (χ1n) is 13.3. The van der Waals surface area contributed by atoms with E-state index in [4.69, 9.17) is 32.8 Å². The lowest BCUT2D eigenvalue weighted by Gasteiger charge is -2.19. The maximum absolute atomic E-state index is 13.4. The van der Waals surface area contributed by atoms with Gasteiger partial charge in [-0.05, 0) is 31.9 Å². The second-order valence-electron chi connectivity index (χ2n) is 9.74. The first-order chi connectivity index (χ1) is 20.1. The van der Waals surface area contributed by atoms with Crippen molar-refractivity contribution in [2.45, 2.75) is 39.4 Å². The van der Waals surface area contributed by atoms with E-state index >= 15 is 0 Å². The predicted molar refractivity (Wildman–Crippen MR) is 156 cm³/mol. The second kappa shape index (κ2) is 12.8. The molecule has 0 unspecified atom stereocenters. The molecule has 1 aliphatic rings. The van der Waals surface area contributed by atoms with Crippen molar-refractivity contribution in [1.82, 2.24) is 0 Å². The number of hydrogen-bond acceptors (Lipinski definition) is 10. The van der Waals surface area contributed by atoms with Crippen molar-refractivity contribution in [3.63, 3.8) is 0 Å². The maximum Gasteiger partial charge on any atom is 0.344 e. The average molecular weight is 579 g/mol. The Morgan fingerprint density at radius 3 is 2.45 bits per heavy atom. The zero-order chi connectivity index (χ0) is 30.4. The molecule has 0 fully saturated rings. The molecular weight excluding hydrogens is 544 g/mol. The quantitative estimate of drug-likeness (QED) is 0.203. The highest BCUT2D eigenvalue weighted by atomic mass is 16.7. The Morgan fingerprint density at radius 2 is 1.81 bits per heavy atom. The Kier molecular flexibility index (Phi) is 9.15. The molecule has 1 aromatic heterocycles. The number of hydrogen-bond donors (Lipinski definition) is 1. The van der Waals surface area contributed by atoms with Crippen molar-refractivity contribution in [3.8, 4) is 34.3 Å². The summed E-state index contributed by atoms with van der Waals surface area (Å²) >= 11 is 0. The molecule has 10 heteroatoms. The third-order valence-electron chi connectivity index (χ3n) is 6.32. The van der Waals surface area contributed by atoms with Crippen LogP contribution >= 0.6 is 0 Å². The minimum absolute atomic E-state index is 0.00122. The Hall–Kier alpha value is -4.86. The molecule has 0 saturated carbocycles. The number of fused-ring (bicyclic) bond motifs is 1. The summed E-state index contributed by atoms with van der Waals surface area (Å²) in [4.78, 5) is 25.4. The van der Waals surface area contributed by atoms with Crippen LogP contribution in [0.2, 0.25) is 0 Å². The largest absolute Gasteiger partial charge is 0.507 e. The molecule has 0 bridgehead atoms. The number of rotatable bonds is 13. The van der Waals surface area contributed by atoms with Gasteiger partial charge in [0.1, 0.15) is 41.1 Å². The molecule has 0 amide bonds. The van der Waals surface area contributed by atoms with E-state index in [0.29, 0.717) is 34.6 Å². The third kappa shape index (κ3) is 6.38. The van der Waals surface area contributed by atoms with Crippen LogP contribution in [-0.4, -0.2) is 43.8 Å². The van der Waals surface area contributed by atoms with E-state index < -0.39 is 17.2 Å². The summed E-state index contributed by atoms with van der Waals surface area (Å²) in [5, 5.41) is 11.1. The van der Waals surface area contributed by atoms with Crippen LogP contribution in [-0.2, 0) is 31.8 Å². The van der Waals surface area contributed by atoms with E-state index in [9.17, 15) is 14.7 Å². The number of ether oxygens (including phenoxy) is 6. The van der Waals surface area contributed by atoms with Gasteiger partial charge in [-0.1, -0.05) is 12.2 Å². The molecule has 42 heavy (non-hydrogen) atoms. The Labute approximate surface area is 243 Å². The number of esters is 1. The van der Waals surface area contributed by atoms with Gasteiger partial charge in [-0.15, -0.1) is 13.2 Å². The van der Waals surface area contributed by atoms with Crippen LogP contribution in [0.3, 0.4) is 0 Å². The fraction of sp³-hybridized carbons (Fsp3) is 0.312. The highest BCUT2D eigenvalue weighted by Gasteiger charge is 2.28. The molecular formula is C32H34O10. The Morgan fingerprint density at radius 1 is 1.07 bits per heavy atom. The summed E-state index contributed by atoms with van der Waals surface area (Å²) in [6.07, 6.45) is 5.26. The minimum atomic E-state index is -0.809. The SMILES string of the molecule is C=CCc1c(-c2cc(=O)c3c(O)c(CC=C)c(OCC4=COC(C)(C)O4)cc3o2)ccc(OC)c1OCC(=O)OCC. The Balaban J connectivity index is 1.81. The highest BCUT2D eigenvalue weighted by Crippen LogP contribution is 2.41. The van der Waals surface area contributed by atoms with Gasteiger partial charge in [0.2, 0.25) is 5.79 Å². The van der Waals surface area contributed by atoms with E-state index in [1.807, 2.05) is 0 Å². The Bertz CT molecular complexity index is 1600. The third-order valence-corrected chi connectivity index (χ3v) is 6.32. The van der Waals surface area contributed by atoms with Gasteiger partial charge < -0.3 is 37.9 Å². The minimum Gasteiger partial charge on any atom is -0.507 e. The lowest BCUT2D eigenvalue weighted by molar-refractivity contribution is -0.145. The smallest absolute Gasteiger partial charge is 0.344 e. The van der Waals surface area contributed by atoms with Crippen molar-refractivity contribution in [2.24, 2.45) is 0 Å². The van der Waals surface area contributed by atoms with E-state index in [1.165, 1.54) is 19.4 Å². The molecule has 2 heterocycles. The second-order valence-corrected chi connectivity index (χ2v) is 9.74. The monoisotopic (exact) mass is 578 g/mol.